The molecule has 0 bridgehead atoms. The number of amides is 1. The molecule has 0 aliphatic carbocycles. The molecule has 1 N–H and O–H groups in total. The van der Waals surface area contributed by atoms with Crippen molar-refractivity contribution in [3.63, 3.8) is 0 Å². The third kappa shape index (κ3) is 5.42. The summed E-state index contributed by atoms with van der Waals surface area (Å²) in [5.41, 5.74) is 3.21. The maximum Gasteiger partial charge on any atom is 0.258 e. The molecule has 0 atom stereocenters. The Morgan fingerprint density at radius 3 is 2.43 bits per heavy atom. The number of piperidine rings is 1. The summed E-state index contributed by atoms with van der Waals surface area (Å²) in [6.45, 7) is 12.6. The Labute approximate surface area is 208 Å². The Bertz CT molecular complexity index is 1140. The Hall–Kier alpha value is -3.15. The van der Waals surface area contributed by atoms with Crippen molar-refractivity contribution in [3.8, 4) is 0 Å². The molecule has 2 aliphatic rings. The standard InChI is InChI=1S/C29H37FN4O/c1-20(2)34(22-13-11-12-21(18-22)29(3,4)5)27(35)24-19-31-28(33-16-9-6-10-17-33)32-26(24)23-14-7-8-15-25(23)30/h7-8,11-15,18,20H,6,9-10,16-17,19H2,1-5H3,(H,31,32). The quantitative estimate of drug-likeness (QED) is 0.614. The van der Waals surface area contributed by atoms with E-state index < -0.39 is 0 Å². The number of guanidine groups is 1. The molecule has 2 aliphatic heterocycles. The van der Waals surface area contributed by atoms with Crippen molar-refractivity contribution in [3.05, 3.63) is 71.0 Å². The average Bonchev–Trinajstić information content (AvgIpc) is 2.84. The second-order valence-corrected chi connectivity index (χ2v) is 10.7. The van der Waals surface area contributed by atoms with Gasteiger partial charge in [0, 0.05) is 30.4 Å². The van der Waals surface area contributed by atoms with Crippen LogP contribution in [0.1, 0.15) is 65.0 Å². The first-order valence-corrected chi connectivity index (χ1v) is 12.7. The molecule has 0 saturated carbocycles. The first-order valence-electron chi connectivity index (χ1n) is 12.7. The number of likely N-dealkylation sites (tertiary alicyclic amines) is 1. The number of hydrogen-bond acceptors (Lipinski definition) is 4. The number of hydrogen-bond donors (Lipinski definition) is 1. The lowest BCUT2D eigenvalue weighted by atomic mass is 9.86. The molecule has 1 amide bonds. The zero-order valence-corrected chi connectivity index (χ0v) is 21.6. The third-order valence-corrected chi connectivity index (χ3v) is 6.70. The molecule has 1 saturated heterocycles. The largest absolute Gasteiger partial charge is 0.352 e. The summed E-state index contributed by atoms with van der Waals surface area (Å²) < 4.78 is 15.0. The van der Waals surface area contributed by atoms with Gasteiger partial charge in [0.2, 0.25) is 0 Å². The van der Waals surface area contributed by atoms with Gasteiger partial charge in [-0.25, -0.2) is 9.38 Å². The normalized spacial score (nSPS) is 16.8. The predicted molar refractivity (Wildman–Crippen MR) is 142 cm³/mol. The molecule has 2 heterocycles. The number of anilines is 1. The number of rotatable bonds is 4. The van der Waals surface area contributed by atoms with Gasteiger partial charge in [0.05, 0.1) is 17.8 Å². The lowest BCUT2D eigenvalue weighted by Crippen LogP contribution is -2.48. The molecule has 186 valence electrons. The fourth-order valence-electron chi connectivity index (χ4n) is 4.72. The van der Waals surface area contributed by atoms with E-state index in [0.717, 1.165) is 43.1 Å². The van der Waals surface area contributed by atoms with Crippen molar-refractivity contribution in [2.24, 2.45) is 4.99 Å². The SMILES string of the molecule is CC(C)N(C(=O)C1=C(c2ccccc2F)N=C(N2CCCCC2)NC1)c1cccc(C(C)(C)C)c1. The molecule has 6 heteroatoms. The molecule has 0 spiro atoms. The van der Waals surface area contributed by atoms with Crippen LogP contribution in [0.2, 0.25) is 0 Å². The summed E-state index contributed by atoms with van der Waals surface area (Å²) >= 11 is 0. The lowest BCUT2D eigenvalue weighted by molar-refractivity contribution is -0.115. The first kappa shape index (κ1) is 25.0. The van der Waals surface area contributed by atoms with Gasteiger partial charge in [-0.3, -0.25) is 4.79 Å². The number of aliphatic imine (C=N–C) groups is 1. The molecule has 0 unspecified atom stereocenters. The van der Waals surface area contributed by atoms with Gasteiger partial charge >= 0.3 is 0 Å². The summed E-state index contributed by atoms with van der Waals surface area (Å²) in [6, 6.07) is 14.6. The minimum absolute atomic E-state index is 0.0423. The van der Waals surface area contributed by atoms with Crippen LogP contribution in [0.3, 0.4) is 0 Å². The minimum Gasteiger partial charge on any atom is -0.352 e. The molecule has 0 aromatic heterocycles. The molecule has 2 aromatic rings. The summed E-state index contributed by atoms with van der Waals surface area (Å²) in [7, 11) is 0. The van der Waals surface area contributed by atoms with E-state index in [2.05, 4.69) is 43.1 Å². The van der Waals surface area contributed by atoms with Crippen LogP contribution < -0.4 is 10.2 Å². The van der Waals surface area contributed by atoms with Crippen molar-refractivity contribution in [1.29, 1.82) is 0 Å². The summed E-state index contributed by atoms with van der Waals surface area (Å²) in [5, 5.41) is 3.37. The van der Waals surface area contributed by atoms with Gasteiger partial charge in [-0.1, -0.05) is 45.0 Å². The fraction of sp³-hybridized carbons (Fsp3) is 0.448. The predicted octanol–water partition coefficient (Wildman–Crippen LogP) is 5.72. The van der Waals surface area contributed by atoms with E-state index >= 15 is 0 Å². The summed E-state index contributed by atoms with van der Waals surface area (Å²) in [4.78, 5) is 23.0. The maximum atomic E-state index is 15.0. The van der Waals surface area contributed by atoms with Crippen molar-refractivity contribution >= 4 is 23.3 Å². The number of carbonyl (C=O) groups excluding carboxylic acids is 1. The van der Waals surface area contributed by atoms with Crippen LogP contribution in [0, 0.1) is 5.82 Å². The summed E-state index contributed by atoms with van der Waals surface area (Å²) in [6.07, 6.45) is 3.42. The molecule has 2 aromatic carbocycles. The van der Waals surface area contributed by atoms with E-state index in [1.54, 1.807) is 23.1 Å². The zero-order valence-electron chi connectivity index (χ0n) is 21.6. The zero-order chi connectivity index (χ0) is 25.2. The van der Waals surface area contributed by atoms with E-state index in [1.807, 2.05) is 26.0 Å². The van der Waals surface area contributed by atoms with Crippen LogP contribution in [-0.4, -0.2) is 42.4 Å². The van der Waals surface area contributed by atoms with Crippen LogP contribution >= 0.6 is 0 Å². The van der Waals surface area contributed by atoms with Crippen LogP contribution in [-0.2, 0) is 10.2 Å². The van der Waals surface area contributed by atoms with Gasteiger partial charge < -0.3 is 15.1 Å². The Balaban J connectivity index is 1.81. The molecular formula is C29H37FN4O. The highest BCUT2D eigenvalue weighted by atomic mass is 19.1. The Morgan fingerprint density at radius 2 is 1.77 bits per heavy atom. The van der Waals surface area contributed by atoms with Crippen molar-refractivity contribution in [2.45, 2.75) is 65.3 Å². The average molecular weight is 477 g/mol. The molecule has 35 heavy (non-hydrogen) atoms. The Kier molecular flexibility index (Phi) is 7.29. The molecule has 0 radical (unpaired) electrons. The van der Waals surface area contributed by atoms with E-state index in [-0.39, 0.29) is 23.2 Å². The highest BCUT2D eigenvalue weighted by Crippen LogP contribution is 2.31. The number of carbonyl (C=O) groups is 1. The van der Waals surface area contributed by atoms with Crippen molar-refractivity contribution in [2.75, 3.05) is 24.5 Å². The van der Waals surface area contributed by atoms with Gasteiger partial charge in [-0.15, -0.1) is 0 Å². The van der Waals surface area contributed by atoms with E-state index in [0.29, 0.717) is 23.4 Å². The lowest BCUT2D eigenvalue weighted by Gasteiger charge is -2.34. The maximum absolute atomic E-state index is 15.0. The first-order chi connectivity index (χ1) is 16.7. The fourth-order valence-corrected chi connectivity index (χ4v) is 4.72. The second-order valence-electron chi connectivity index (χ2n) is 10.7. The van der Waals surface area contributed by atoms with E-state index in [9.17, 15) is 9.18 Å². The van der Waals surface area contributed by atoms with Crippen LogP contribution in [0.25, 0.3) is 5.70 Å². The number of nitrogens with one attached hydrogen (secondary N) is 1. The number of halogens is 1. The molecular weight excluding hydrogens is 439 g/mol. The summed E-state index contributed by atoms with van der Waals surface area (Å²) in [5.74, 6) is 0.200. The van der Waals surface area contributed by atoms with Crippen LogP contribution in [0.4, 0.5) is 10.1 Å². The highest BCUT2D eigenvalue weighted by Gasteiger charge is 2.31. The van der Waals surface area contributed by atoms with Gasteiger partial charge in [0.1, 0.15) is 5.82 Å². The van der Waals surface area contributed by atoms with Gasteiger partial charge in [-0.05, 0) is 68.4 Å². The van der Waals surface area contributed by atoms with Crippen LogP contribution in [0.5, 0.6) is 0 Å². The Morgan fingerprint density at radius 1 is 1.06 bits per heavy atom. The molecule has 5 nitrogen and oxygen atoms in total. The molecule has 1 fully saturated rings. The smallest absolute Gasteiger partial charge is 0.258 e. The van der Waals surface area contributed by atoms with Gasteiger partial charge in [-0.2, -0.15) is 0 Å². The van der Waals surface area contributed by atoms with Crippen molar-refractivity contribution < 1.29 is 9.18 Å². The number of nitrogens with zero attached hydrogens (tertiary/aromatic N) is 3. The number of benzene rings is 2. The topological polar surface area (TPSA) is 47.9 Å². The van der Waals surface area contributed by atoms with Gasteiger partial charge in [0.15, 0.2) is 5.96 Å². The monoisotopic (exact) mass is 476 g/mol. The van der Waals surface area contributed by atoms with Crippen LogP contribution in [0.15, 0.2) is 59.1 Å². The minimum atomic E-state index is -0.373. The highest BCUT2D eigenvalue weighted by molar-refractivity contribution is 6.13. The van der Waals surface area contributed by atoms with Crippen molar-refractivity contribution in [1.82, 2.24) is 10.2 Å². The van der Waals surface area contributed by atoms with E-state index in [4.69, 9.17) is 4.99 Å². The van der Waals surface area contributed by atoms with Gasteiger partial charge in [0.25, 0.3) is 5.91 Å². The van der Waals surface area contributed by atoms with E-state index in [1.165, 1.54) is 12.5 Å². The second kappa shape index (κ2) is 10.2. The molecule has 4 rings (SSSR count). The third-order valence-electron chi connectivity index (χ3n) is 6.70.